The molecule has 1 saturated heterocycles. The molecule has 1 aromatic rings. The van der Waals surface area contributed by atoms with Gasteiger partial charge in [0.15, 0.2) is 0 Å². The molecule has 0 amide bonds. The lowest BCUT2D eigenvalue weighted by Gasteiger charge is -2.31. The van der Waals surface area contributed by atoms with E-state index in [1.165, 1.54) is 6.07 Å². The van der Waals surface area contributed by atoms with Gasteiger partial charge in [-0.05, 0) is 43.5 Å². The molecule has 0 atom stereocenters. The minimum absolute atomic E-state index is 0.331. The molecule has 0 radical (unpaired) electrons. The van der Waals surface area contributed by atoms with Crippen LogP contribution in [0, 0.1) is 0 Å². The molecular weight excluding hydrogens is 265 g/mol. The normalized spacial score (nSPS) is 16.5. The van der Waals surface area contributed by atoms with Gasteiger partial charge in [0.1, 0.15) is 0 Å². The van der Waals surface area contributed by atoms with Gasteiger partial charge in [0, 0.05) is 25.3 Å². The summed E-state index contributed by atoms with van der Waals surface area (Å²) in [4.78, 5) is 1.86. The topological polar surface area (TPSA) is 15.3 Å². The second kappa shape index (κ2) is 6.48. The number of nitrogens with zero attached hydrogens (tertiary/aromatic N) is 1. The lowest BCUT2D eigenvalue weighted by atomic mass is 10.0. The van der Waals surface area contributed by atoms with Gasteiger partial charge in [-0.15, -0.1) is 0 Å². The van der Waals surface area contributed by atoms with Gasteiger partial charge in [0.25, 0.3) is 0 Å². The van der Waals surface area contributed by atoms with Crippen molar-refractivity contribution in [3.8, 4) is 0 Å². The van der Waals surface area contributed by atoms with E-state index in [1.54, 1.807) is 12.1 Å². The Morgan fingerprint density at radius 3 is 2.45 bits per heavy atom. The van der Waals surface area contributed by atoms with Crippen LogP contribution in [-0.4, -0.2) is 19.6 Å². The number of benzene rings is 1. The van der Waals surface area contributed by atoms with E-state index >= 15 is 0 Å². The zero-order valence-electron chi connectivity index (χ0n) is 11.8. The molecular formula is C15H21F3N2. The Balaban J connectivity index is 2.30. The number of nitrogens with one attached hydrogen (secondary N) is 1. The van der Waals surface area contributed by atoms with Crippen molar-refractivity contribution in [1.82, 2.24) is 5.32 Å². The Morgan fingerprint density at radius 2 is 1.85 bits per heavy atom. The molecule has 0 spiro atoms. The average Bonchev–Trinajstić information content (AvgIpc) is 2.45. The van der Waals surface area contributed by atoms with Gasteiger partial charge < -0.3 is 10.2 Å². The van der Waals surface area contributed by atoms with Crippen molar-refractivity contribution in [2.24, 2.45) is 0 Å². The summed E-state index contributed by atoms with van der Waals surface area (Å²) >= 11 is 0. The Bertz CT molecular complexity index is 437. The van der Waals surface area contributed by atoms with Crippen molar-refractivity contribution in [3.63, 3.8) is 0 Å². The number of alkyl halides is 3. The second-order valence-corrected chi connectivity index (χ2v) is 5.18. The predicted molar refractivity (Wildman–Crippen MR) is 74.9 cm³/mol. The second-order valence-electron chi connectivity index (χ2n) is 5.18. The summed E-state index contributed by atoms with van der Waals surface area (Å²) in [6, 6.07) is 4.70. The predicted octanol–water partition coefficient (Wildman–Crippen LogP) is 3.81. The number of piperidine rings is 1. The van der Waals surface area contributed by atoms with E-state index in [2.05, 4.69) is 5.32 Å². The van der Waals surface area contributed by atoms with Gasteiger partial charge in [0.05, 0.1) is 5.56 Å². The van der Waals surface area contributed by atoms with Gasteiger partial charge in [-0.3, -0.25) is 0 Å². The van der Waals surface area contributed by atoms with E-state index in [0.29, 0.717) is 17.8 Å². The third-order valence-corrected chi connectivity index (χ3v) is 3.64. The van der Waals surface area contributed by atoms with Crippen molar-refractivity contribution in [1.29, 1.82) is 0 Å². The van der Waals surface area contributed by atoms with Crippen LogP contribution in [0.5, 0.6) is 0 Å². The smallest absolute Gasteiger partial charge is 0.371 e. The van der Waals surface area contributed by atoms with Gasteiger partial charge in [-0.2, -0.15) is 13.2 Å². The SMILES string of the molecule is CCNCc1ccc(N2CCCCC2)c(C(F)(F)F)c1. The molecule has 1 aromatic carbocycles. The largest absolute Gasteiger partial charge is 0.418 e. The minimum Gasteiger partial charge on any atom is -0.371 e. The molecule has 2 rings (SSSR count). The number of hydrogen-bond acceptors (Lipinski definition) is 2. The van der Waals surface area contributed by atoms with Crippen LogP contribution in [0.25, 0.3) is 0 Å². The van der Waals surface area contributed by atoms with E-state index in [0.717, 1.165) is 38.9 Å². The van der Waals surface area contributed by atoms with Crippen LogP contribution in [0.1, 0.15) is 37.3 Å². The van der Waals surface area contributed by atoms with Crippen LogP contribution in [0.3, 0.4) is 0 Å². The van der Waals surface area contributed by atoms with Crippen LogP contribution < -0.4 is 10.2 Å². The van der Waals surface area contributed by atoms with Gasteiger partial charge in [-0.1, -0.05) is 13.0 Å². The van der Waals surface area contributed by atoms with E-state index in [9.17, 15) is 13.2 Å². The fourth-order valence-corrected chi connectivity index (χ4v) is 2.60. The summed E-state index contributed by atoms with van der Waals surface area (Å²) in [7, 11) is 0. The maximum absolute atomic E-state index is 13.3. The highest BCUT2D eigenvalue weighted by atomic mass is 19.4. The minimum atomic E-state index is -4.30. The van der Waals surface area contributed by atoms with Crippen molar-refractivity contribution in [3.05, 3.63) is 29.3 Å². The van der Waals surface area contributed by atoms with Crippen molar-refractivity contribution in [2.75, 3.05) is 24.5 Å². The Labute approximate surface area is 118 Å². The summed E-state index contributed by atoms with van der Waals surface area (Å²) in [5.74, 6) is 0. The zero-order valence-corrected chi connectivity index (χ0v) is 11.8. The Morgan fingerprint density at radius 1 is 1.15 bits per heavy atom. The van der Waals surface area contributed by atoms with E-state index in [-0.39, 0.29) is 0 Å². The standard InChI is InChI=1S/C15H21F3N2/c1-2-19-11-12-6-7-14(13(10-12)15(16,17)18)20-8-4-3-5-9-20/h6-7,10,19H,2-5,8-9,11H2,1H3. The van der Waals surface area contributed by atoms with Crippen LogP contribution >= 0.6 is 0 Å². The molecule has 0 aliphatic carbocycles. The molecule has 0 aromatic heterocycles. The molecule has 20 heavy (non-hydrogen) atoms. The molecule has 1 N–H and O–H groups in total. The van der Waals surface area contributed by atoms with Crippen molar-refractivity contribution >= 4 is 5.69 Å². The Kier molecular flexibility index (Phi) is 4.91. The first kappa shape index (κ1) is 15.2. The van der Waals surface area contributed by atoms with E-state index in [1.807, 2.05) is 11.8 Å². The summed E-state index contributed by atoms with van der Waals surface area (Å²) in [5, 5.41) is 3.06. The quantitative estimate of drug-likeness (QED) is 0.905. The highest BCUT2D eigenvalue weighted by Gasteiger charge is 2.35. The first-order valence-corrected chi connectivity index (χ1v) is 7.18. The van der Waals surface area contributed by atoms with Crippen LogP contribution in [0.2, 0.25) is 0 Å². The van der Waals surface area contributed by atoms with Crippen molar-refractivity contribution in [2.45, 2.75) is 38.9 Å². The molecule has 2 nitrogen and oxygen atoms in total. The zero-order chi connectivity index (χ0) is 14.6. The lowest BCUT2D eigenvalue weighted by molar-refractivity contribution is -0.137. The fourth-order valence-electron chi connectivity index (χ4n) is 2.60. The molecule has 0 saturated carbocycles. The molecule has 5 heteroatoms. The molecule has 1 aliphatic heterocycles. The highest BCUT2D eigenvalue weighted by Crippen LogP contribution is 2.38. The monoisotopic (exact) mass is 286 g/mol. The molecule has 112 valence electrons. The number of halogens is 3. The summed E-state index contributed by atoms with van der Waals surface area (Å²) in [6.45, 7) is 4.59. The summed E-state index contributed by atoms with van der Waals surface area (Å²) < 4.78 is 39.8. The third-order valence-electron chi connectivity index (χ3n) is 3.64. The van der Waals surface area contributed by atoms with Crippen molar-refractivity contribution < 1.29 is 13.2 Å². The van der Waals surface area contributed by atoms with E-state index in [4.69, 9.17) is 0 Å². The maximum Gasteiger partial charge on any atom is 0.418 e. The highest BCUT2D eigenvalue weighted by molar-refractivity contribution is 5.56. The molecule has 0 unspecified atom stereocenters. The van der Waals surface area contributed by atoms with Crippen LogP contribution in [0.15, 0.2) is 18.2 Å². The molecule has 1 fully saturated rings. The third kappa shape index (κ3) is 3.66. The lowest BCUT2D eigenvalue weighted by Crippen LogP contribution is -2.31. The van der Waals surface area contributed by atoms with E-state index < -0.39 is 11.7 Å². The molecule has 0 bridgehead atoms. The fraction of sp³-hybridized carbons (Fsp3) is 0.600. The first-order valence-electron chi connectivity index (χ1n) is 7.18. The molecule has 1 aliphatic rings. The van der Waals surface area contributed by atoms with Crippen LogP contribution in [-0.2, 0) is 12.7 Å². The average molecular weight is 286 g/mol. The van der Waals surface area contributed by atoms with Crippen LogP contribution in [0.4, 0.5) is 18.9 Å². The van der Waals surface area contributed by atoms with Gasteiger partial charge in [-0.25, -0.2) is 0 Å². The number of anilines is 1. The molecule has 1 heterocycles. The maximum atomic E-state index is 13.3. The van der Waals surface area contributed by atoms with Gasteiger partial charge in [0.2, 0.25) is 0 Å². The summed E-state index contributed by atoms with van der Waals surface area (Å²) in [5.41, 5.74) is 0.507. The Hall–Kier alpha value is -1.23. The number of hydrogen-bond donors (Lipinski definition) is 1. The summed E-state index contributed by atoms with van der Waals surface area (Å²) in [6.07, 6.45) is -1.25. The number of rotatable bonds is 4. The first-order chi connectivity index (χ1) is 9.52. The van der Waals surface area contributed by atoms with Gasteiger partial charge >= 0.3 is 6.18 Å².